The van der Waals surface area contributed by atoms with Crippen molar-refractivity contribution in [2.75, 3.05) is 44.3 Å². The second-order valence-electron chi connectivity index (χ2n) is 5.02. The van der Waals surface area contributed by atoms with Gasteiger partial charge in [0, 0.05) is 30.7 Å². The van der Waals surface area contributed by atoms with Gasteiger partial charge < -0.3 is 15.1 Å². The minimum absolute atomic E-state index is 0.180. The molecule has 0 aliphatic carbocycles. The number of hydrogen-bond acceptors (Lipinski definition) is 4. The van der Waals surface area contributed by atoms with Crippen molar-refractivity contribution in [2.45, 2.75) is 0 Å². The molecule has 1 aliphatic rings. The lowest BCUT2D eigenvalue weighted by Gasteiger charge is -2.33. The highest BCUT2D eigenvalue weighted by Crippen LogP contribution is 2.20. The largest absolute Gasteiger partial charge is 0.355 e. The van der Waals surface area contributed by atoms with Gasteiger partial charge in [-0.3, -0.25) is 4.79 Å². The van der Waals surface area contributed by atoms with Crippen molar-refractivity contribution in [3.63, 3.8) is 0 Å². The maximum atomic E-state index is 13.6. The SMILES string of the molecule is CN1CCN(C(=S)SCC(=O)Nc2ccc(Br)cc2F)CC1. The highest BCUT2D eigenvalue weighted by Gasteiger charge is 2.17. The lowest BCUT2D eigenvalue weighted by Crippen LogP contribution is -2.46. The number of carbonyl (C=O) groups is 1. The van der Waals surface area contributed by atoms with Gasteiger partial charge in [-0.1, -0.05) is 39.9 Å². The Morgan fingerprint density at radius 2 is 2.09 bits per heavy atom. The molecule has 1 amide bonds. The molecule has 1 heterocycles. The van der Waals surface area contributed by atoms with Crippen LogP contribution in [0.1, 0.15) is 0 Å². The zero-order valence-corrected chi connectivity index (χ0v) is 15.4. The normalized spacial score (nSPS) is 15.7. The number of thiocarbonyl (C=S) groups is 1. The van der Waals surface area contributed by atoms with Crippen LogP contribution < -0.4 is 5.32 Å². The molecule has 0 bridgehead atoms. The van der Waals surface area contributed by atoms with Gasteiger partial charge in [0.05, 0.1) is 11.4 Å². The third kappa shape index (κ3) is 5.19. The highest BCUT2D eigenvalue weighted by molar-refractivity contribution is 9.10. The highest BCUT2D eigenvalue weighted by atomic mass is 79.9. The first kappa shape index (κ1) is 17.7. The smallest absolute Gasteiger partial charge is 0.234 e. The molecule has 0 atom stereocenters. The number of halogens is 2. The van der Waals surface area contributed by atoms with Crippen LogP contribution >= 0.6 is 39.9 Å². The van der Waals surface area contributed by atoms with E-state index in [2.05, 4.69) is 38.1 Å². The summed E-state index contributed by atoms with van der Waals surface area (Å²) in [6, 6.07) is 4.53. The average Bonchev–Trinajstić information content (AvgIpc) is 2.48. The van der Waals surface area contributed by atoms with Crippen molar-refractivity contribution in [3.8, 4) is 0 Å². The standard InChI is InChI=1S/C14H17BrFN3OS2/c1-18-4-6-19(7-5-18)14(21)22-9-13(20)17-12-3-2-10(15)8-11(12)16/h2-3,8H,4-7,9H2,1H3,(H,17,20). The van der Waals surface area contributed by atoms with Crippen molar-refractivity contribution in [3.05, 3.63) is 28.5 Å². The molecule has 4 nitrogen and oxygen atoms in total. The van der Waals surface area contributed by atoms with E-state index in [1.807, 2.05) is 0 Å². The lowest BCUT2D eigenvalue weighted by atomic mass is 10.3. The molecular formula is C14H17BrFN3OS2. The Labute approximate surface area is 147 Å². The number of likely N-dealkylation sites (N-methyl/N-ethyl adjacent to an activating group) is 1. The number of piperazine rings is 1. The van der Waals surface area contributed by atoms with Crippen molar-refractivity contribution in [1.82, 2.24) is 9.80 Å². The second-order valence-corrected chi connectivity index (χ2v) is 7.54. The van der Waals surface area contributed by atoms with Crippen LogP contribution in [-0.2, 0) is 4.79 Å². The molecule has 0 aromatic heterocycles. The average molecular weight is 406 g/mol. The van der Waals surface area contributed by atoms with Crippen LogP contribution in [0.5, 0.6) is 0 Å². The van der Waals surface area contributed by atoms with Gasteiger partial charge >= 0.3 is 0 Å². The first-order valence-electron chi connectivity index (χ1n) is 6.81. The Morgan fingerprint density at radius 3 is 2.73 bits per heavy atom. The molecule has 1 N–H and O–H groups in total. The quantitative estimate of drug-likeness (QED) is 0.782. The van der Waals surface area contributed by atoms with Gasteiger partial charge in [0.2, 0.25) is 5.91 Å². The molecule has 2 rings (SSSR count). The molecule has 8 heteroatoms. The minimum Gasteiger partial charge on any atom is -0.355 e. The number of hydrogen-bond donors (Lipinski definition) is 1. The summed E-state index contributed by atoms with van der Waals surface area (Å²) in [5.74, 6) is -0.544. The summed E-state index contributed by atoms with van der Waals surface area (Å²) in [4.78, 5) is 16.2. The van der Waals surface area contributed by atoms with Crippen molar-refractivity contribution < 1.29 is 9.18 Å². The van der Waals surface area contributed by atoms with Gasteiger partial charge in [-0.2, -0.15) is 0 Å². The molecule has 1 aromatic rings. The van der Waals surface area contributed by atoms with Gasteiger partial charge in [-0.25, -0.2) is 4.39 Å². The molecule has 120 valence electrons. The van der Waals surface area contributed by atoms with E-state index in [1.165, 1.54) is 23.9 Å². The van der Waals surface area contributed by atoms with E-state index in [9.17, 15) is 9.18 Å². The zero-order chi connectivity index (χ0) is 16.1. The fraction of sp³-hybridized carbons (Fsp3) is 0.429. The van der Waals surface area contributed by atoms with Gasteiger partial charge in [0.1, 0.15) is 10.1 Å². The second kappa shape index (κ2) is 8.24. The summed E-state index contributed by atoms with van der Waals surface area (Å²) in [5, 5.41) is 2.56. The monoisotopic (exact) mass is 405 g/mol. The fourth-order valence-corrected chi connectivity index (χ4v) is 3.37. The van der Waals surface area contributed by atoms with E-state index < -0.39 is 5.82 Å². The van der Waals surface area contributed by atoms with Crippen LogP contribution in [0.2, 0.25) is 0 Å². The number of thioether (sulfide) groups is 1. The number of nitrogens with zero attached hydrogens (tertiary/aromatic N) is 2. The third-order valence-corrected chi connectivity index (χ3v) is 5.31. The van der Waals surface area contributed by atoms with Crippen LogP contribution in [0.25, 0.3) is 0 Å². The molecule has 1 aliphatic heterocycles. The Bertz CT molecular complexity index is 565. The van der Waals surface area contributed by atoms with Crippen LogP contribution in [-0.4, -0.2) is 59.0 Å². The molecule has 1 aromatic carbocycles. The van der Waals surface area contributed by atoms with Crippen molar-refractivity contribution >= 4 is 55.8 Å². The van der Waals surface area contributed by atoms with Crippen LogP contribution in [0, 0.1) is 5.82 Å². The number of carbonyl (C=O) groups excluding carboxylic acids is 1. The number of benzene rings is 1. The molecule has 1 fully saturated rings. The summed E-state index contributed by atoms with van der Waals surface area (Å²) < 4.78 is 15.0. The third-order valence-electron chi connectivity index (χ3n) is 3.29. The summed E-state index contributed by atoms with van der Waals surface area (Å²) in [6.45, 7) is 3.70. The Balaban J connectivity index is 1.79. The van der Waals surface area contributed by atoms with Crippen LogP contribution in [0.3, 0.4) is 0 Å². The lowest BCUT2D eigenvalue weighted by molar-refractivity contribution is -0.113. The van der Waals surface area contributed by atoms with Gasteiger partial charge in [-0.15, -0.1) is 0 Å². The predicted molar refractivity (Wildman–Crippen MR) is 96.9 cm³/mol. The Hall–Kier alpha value is -0.700. The molecule has 0 saturated carbocycles. The summed E-state index contributed by atoms with van der Waals surface area (Å²) in [6.07, 6.45) is 0. The van der Waals surface area contributed by atoms with Gasteiger partial charge in [0.15, 0.2) is 0 Å². The number of amides is 1. The predicted octanol–water partition coefficient (Wildman–Crippen LogP) is 2.79. The van der Waals surface area contributed by atoms with Gasteiger partial charge in [0.25, 0.3) is 0 Å². The maximum absolute atomic E-state index is 13.6. The maximum Gasteiger partial charge on any atom is 0.234 e. The van der Waals surface area contributed by atoms with E-state index in [4.69, 9.17) is 12.2 Å². The van der Waals surface area contributed by atoms with E-state index in [0.29, 0.717) is 4.47 Å². The zero-order valence-electron chi connectivity index (χ0n) is 12.1. The molecular weight excluding hydrogens is 389 g/mol. The first-order chi connectivity index (χ1) is 10.5. The van der Waals surface area contributed by atoms with Gasteiger partial charge in [-0.05, 0) is 25.2 Å². The van der Waals surface area contributed by atoms with Crippen LogP contribution in [0.4, 0.5) is 10.1 Å². The van der Waals surface area contributed by atoms with Crippen molar-refractivity contribution in [1.29, 1.82) is 0 Å². The Kier molecular flexibility index (Phi) is 6.61. The van der Waals surface area contributed by atoms with E-state index >= 15 is 0 Å². The molecule has 0 radical (unpaired) electrons. The summed E-state index contributed by atoms with van der Waals surface area (Å²) in [5.41, 5.74) is 0.180. The number of anilines is 1. The van der Waals surface area contributed by atoms with Crippen LogP contribution in [0.15, 0.2) is 22.7 Å². The first-order valence-corrected chi connectivity index (χ1v) is 8.99. The minimum atomic E-state index is -0.464. The Morgan fingerprint density at radius 1 is 1.41 bits per heavy atom. The van der Waals surface area contributed by atoms with E-state index in [1.54, 1.807) is 6.07 Å². The molecule has 22 heavy (non-hydrogen) atoms. The molecule has 0 unspecified atom stereocenters. The van der Waals surface area contributed by atoms with Crippen molar-refractivity contribution in [2.24, 2.45) is 0 Å². The van der Waals surface area contributed by atoms with E-state index in [-0.39, 0.29) is 17.3 Å². The summed E-state index contributed by atoms with van der Waals surface area (Å²) >= 11 is 9.84. The van der Waals surface area contributed by atoms with E-state index in [0.717, 1.165) is 30.5 Å². The number of rotatable bonds is 3. The fourth-order valence-electron chi connectivity index (χ4n) is 1.98. The molecule has 0 spiro atoms. The number of nitrogens with one attached hydrogen (secondary N) is 1. The topological polar surface area (TPSA) is 35.6 Å². The summed E-state index contributed by atoms with van der Waals surface area (Å²) in [7, 11) is 2.08. The molecule has 1 saturated heterocycles.